The maximum atomic E-state index is 11.8. The van der Waals surface area contributed by atoms with Gasteiger partial charge in [0.15, 0.2) is 0 Å². The number of aliphatic hydroxyl groups excluding tert-OH is 1. The molecule has 100 valence electrons. The Kier molecular flexibility index (Phi) is 3.35. The molecule has 0 atom stereocenters. The molecule has 1 heterocycles. The van der Waals surface area contributed by atoms with Crippen molar-refractivity contribution in [1.29, 1.82) is 0 Å². The van der Waals surface area contributed by atoms with Crippen molar-refractivity contribution in [3.63, 3.8) is 0 Å². The third-order valence-electron chi connectivity index (χ3n) is 3.39. The Labute approximate surface area is 116 Å². The molecule has 0 unspecified atom stereocenters. The zero-order valence-corrected chi connectivity index (χ0v) is 11.0. The highest BCUT2D eigenvalue weighted by Gasteiger charge is 2.01. The molecule has 0 aliphatic rings. The molecular formula is C17H15NO2. The summed E-state index contributed by atoms with van der Waals surface area (Å²) in [6.07, 6.45) is 2.43. The number of hydrogen-bond donors (Lipinski definition) is 1. The quantitative estimate of drug-likeness (QED) is 0.790. The summed E-state index contributed by atoms with van der Waals surface area (Å²) in [7, 11) is 0. The van der Waals surface area contributed by atoms with Gasteiger partial charge in [0.1, 0.15) is 0 Å². The molecule has 3 nitrogen and oxygen atoms in total. The van der Waals surface area contributed by atoms with Gasteiger partial charge in [0.2, 0.25) is 0 Å². The molecule has 0 saturated heterocycles. The highest BCUT2D eigenvalue weighted by atomic mass is 16.2. The Balaban J connectivity index is 2.10. The number of nitrogens with zero attached hydrogens (tertiary/aromatic N) is 1. The van der Waals surface area contributed by atoms with Crippen LogP contribution in [-0.4, -0.2) is 16.3 Å². The van der Waals surface area contributed by atoms with Crippen LogP contribution in [0, 0.1) is 0 Å². The second-order valence-corrected chi connectivity index (χ2v) is 4.75. The molecular weight excluding hydrogens is 250 g/mol. The molecule has 3 rings (SSSR count). The first kappa shape index (κ1) is 12.6. The van der Waals surface area contributed by atoms with E-state index in [2.05, 4.69) is 6.07 Å². The summed E-state index contributed by atoms with van der Waals surface area (Å²) in [6.45, 7) is 0.156. The molecule has 0 radical (unpaired) electrons. The Hall–Kier alpha value is -2.39. The molecule has 0 aliphatic heterocycles. The molecule has 0 amide bonds. The molecule has 2 aromatic carbocycles. The summed E-state index contributed by atoms with van der Waals surface area (Å²) in [5.41, 5.74) is 1.94. The van der Waals surface area contributed by atoms with Crippen molar-refractivity contribution < 1.29 is 5.11 Å². The first-order valence-corrected chi connectivity index (χ1v) is 6.59. The number of aromatic nitrogens is 1. The zero-order valence-electron chi connectivity index (χ0n) is 11.0. The van der Waals surface area contributed by atoms with Gasteiger partial charge in [-0.3, -0.25) is 9.36 Å². The van der Waals surface area contributed by atoms with Gasteiger partial charge in [-0.25, -0.2) is 0 Å². The molecule has 0 saturated carbocycles. The van der Waals surface area contributed by atoms with E-state index < -0.39 is 0 Å². The van der Waals surface area contributed by atoms with Gasteiger partial charge in [-0.15, -0.1) is 0 Å². The van der Waals surface area contributed by atoms with Crippen molar-refractivity contribution in [3.05, 3.63) is 76.7 Å². The van der Waals surface area contributed by atoms with Crippen molar-refractivity contribution in [1.82, 2.24) is 4.57 Å². The molecule has 3 aromatic rings. The monoisotopic (exact) mass is 265 g/mol. The SMILES string of the molecule is O=c1ccccn1-c1ccc2cc(CCO)ccc2c1. The van der Waals surface area contributed by atoms with Crippen LogP contribution in [0.15, 0.2) is 65.6 Å². The number of benzene rings is 2. The third-order valence-corrected chi connectivity index (χ3v) is 3.39. The maximum Gasteiger partial charge on any atom is 0.255 e. The summed E-state index contributed by atoms with van der Waals surface area (Å²) in [5, 5.41) is 11.2. The first-order valence-electron chi connectivity index (χ1n) is 6.59. The van der Waals surface area contributed by atoms with Gasteiger partial charge in [0, 0.05) is 24.6 Å². The van der Waals surface area contributed by atoms with Gasteiger partial charge in [0.25, 0.3) is 5.56 Å². The lowest BCUT2D eigenvalue weighted by atomic mass is 10.0. The van der Waals surface area contributed by atoms with Gasteiger partial charge < -0.3 is 5.11 Å². The molecule has 0 spiro atoms. The topological polar surface area (TPSA) is 42.2 Å². The Morgan fingerprint density at radius 3 is 2.55 bits per heavy atom. The summed E-state index contributed by atoms with van der Waals surface area (Å²) in [5.74, 6) is 0. The van der Waals surface area contributed by atoms with E-state index in [1.54, 1.807) is 22.9 Å². The Bertz CT molecular complexity index is 805. The van der Waals surface area contributed by atoms with E-state index >= 15 is 0 Å². The largest absolute Gasteiger partial charge is 0.396 e. The lowest BCUT2D eigenvalue weighted by Gasteiger charge is -2.07. The van der Waals surface area contributed by atoms with Crippen LogP contribution in [0.2, 0.25) is 0 Å². The number of rotatable bonds is 3. The minimum Gasteiger partial charge on any atom is -0.396 e. The van der Waals surface area contributed by atoms with E-state index in [0.29, 0.717) is 6.42 Å². The number of pyridine rings is 1. The van der Waals surface area contributed by atoms with Crippen LogP contribution in [0.3, 0.4) is 0 Å². The number of aliphatic hydroxyl groups is 1. The summed E-state index contributed by atoms with van der Waals surface area (Å²) < 4.78 is 1.63. The van der Waals surface area contributed by atoms with E-state index in [9.17, 15) is 4.79 Å². The van der Waals surface area contributed by atoms with Crippen LogP contribution in [0.25, 0.3) is 16.5 Å². The highest BCUT2D eigenvalue weighted by molar-refractivity contribution is 5.85. The van der Waals surface area contributed by atoms with Gasteiger partial charge in [0.05, 0.1) is 0 Å². The highest BCUT2D eigenvalue weighted by Crippen LogP contribution is 2.19. The summed E-state index contributed by atoms with van der Waals surface area (Å²) in [4.78, 5) is 11.8. The smallest absolute Gasteiger partial charge is 0.255 e. The minimum atomic E-state index is -0.0382. The number of fused-ring (bicyclic) bond motifs is 1. The molecule has 3 heteroatoms. The second-order valence-electron chi connectivity index (χ2n) is 4.75. The second kappa shape index (κ2) is 5.31. The number of hydrogen-bond acceptors (Lipinski definition) is 2. The minimum absolute atomic E-state index is 0.0382. The van der Waals surface area contributed by atoms with E-state index in [1.165, 1.54) is 0 Å². The normalized spacial score (nSPS) is 10.8. The molecule has 0 aliphatic carbocycles. The van der Waals surface area contributed by atoms with Crippen molar-refractivity contribution in [2.24, 2.45) is 0 Å². The van der Waals surface area contributed by atoms with E-state index in [0.717, 1.165) is 22.0 Å². The van der Waals surface area contributed by atoms with Gasteiger partial charge in [-0.1, -0.05) is 30.3 Å². The van der Waals surface area contributed by atoms with Crippen LogP contribution in [0.5, 0.6) is 0 Å². The molecule has 0 bridgehead atoms. The standard InChI is InChI=1S/C17H15NO2/c19-10-8-13-4-5-15-12-16(7-6-14(15)11-13)18-9-2-1-3-17(18)20/h1-7,9,11-12,19H,8,10H2. The fourth-order valence-corrected chi connectivity index (χ4v) is 2.36. The van der Waals surface area contributed by atoms with Crippen LogP contribution < -0.4 is 5.56 Å². The Morgan fingerprint density at radius 2 is 1.75 bits per heavy atom. The van der Waals surface area contributed by atoms with Crippen LogP contribution in [0.1, 0.15) is 5.56 Å². The van der Waals surface area contributed by atoms with Crippen LogP contribution in [0.4, 0.5) is 0 Å². The molecule has 1 aromatic heterocycles. The van der Waals surface area contributed by atoms with E-state index in [-0.39, 0.29) is 12.2 Å². The van der Waals surface area contributed by atoms with Crippen molar-refractivity contribution in [3.8, 4) is 5.69 Å². The van der Waals surface area contributed by atoms with Crippen molar-refractivity contribution in [2.75, 3.05) is 6.61 Å². The molecule has 20 heavy (non-hydrogen) atoms. The third kappa shape index (κ3) is 2.36. The molecule has 0 fully saturated rings. The fraction of sp³-hybridized carbons (Fsp3) is 0.118. The summed E-state index contributed by atoms with van der Waals surface area (Å²) in [6, 6.07) is 17.2. The lowest BCUT2D eigenvalue weighted by molar-refractivity contribution is 0.299. The summed E-state index contributed by atoms with van der Waals surface area (Å²) >= 11 is 0. The van der Waals surface area contributed by atoms with E-state index in [1.807, 2.05) is 36.4 Å². The predicted octanol–water partition coefficient (Wildman–Crippen LogP) is 2.53. The first-order chi connectivity index (χ1) is 9.78. The zero-order chi connectivity index (χ0) is 13.9. The van der Waals surface area contributed by atoms with Crippen molar-refractivity contribution >= 4 is 10.8 Å². The van der Waals surface area contributed by atoms with Gasteiger partial charge >= 0.3 is 0 Å². The van der Waals surface area contributed by atoms with Gasteiger partial charge in [-0.05, 0) is 41.0 Å². The van der Waals surface area contributed by atoms with Crippen LogP contribution >= 0.6 is 0 Å². The van der Waals surface area contributed by atoms with E-state index in [4.69, 9.17) is 5.11 Å². The average molecular weight is 265 g/mol. The van der Waals surface area contributed by atoms with Crippen LogP contribution in [-0.2, 0) is 6.42 Å². The molecule has 1 N–H and O–H groups in total. The van der Waals surface area contributed by atoms with Crippen molar-refractivity contribution in [2.45, 2.75) is 6.42 Å². The predicted molar refractivity (Wildman–Crippen MR) is 80.3 cm³/mol. The maximum absolute atomic E-state index is 11.8. The van der Waals surface area contributed by atoms with Gasteiger partial charge in [-0.2, -0.15) is 0 Å². The fourth-order valence-electron chi connectivity index (χ4n) is 2.36. The Morgan fingerprint density at radius 1 is 0.950 bits per heavy atom. The lowest BCUT2D eigenvalue weighted by Crippen LogP contribution is -2.15. The average Bonchev–Trinajstić information content (AvgIpc) is 2.48.